The van der Waals surface area contributed by atoms with Gasteiger partial charge in [0.15, 0.2) is 0 Å². The molecule has 0 bridgehead atoms. The van der Waals surface area contributed by atoms with Crippen molar-refractivity contribution in [3.05, 3.63) is 16.6 Å². The van der Waals surface area contributed by atoms with Gasteiger partial charge in [0.2, 0.25) is 5.91 Å². The summed E-state index contributed by atoms with van der Waals surface area (Å²) >= 11 is 1.48. The summed E-state index contributed by atoms with van der Waals surface area (Å²) in [5.74, 6) is -0.994. The third-order valence-corrected chi connectivity index (χ3v) is 3.07. The normalized spacial score (nSPS) is 12.4. The van der Waals surface area contributed by atoms with Gasteiger partial charge in [0.05, 0.1) is 11.2 Å². The van der Waals surface area contributed by atoms with Crippen molar-refractivity contribution in [2.45, 2.75) is 39.2 Å². The third kappa shape index (κ3) is 5.27. The maximum Gasteiger partial charge on any atom is 0.326 e. The van der Waals surface area contributed by atoms with Crippen LogP contribution in [0.3, 0.4) is 0 Å². The highest BCUT2D eigenvalue weighted by molar-refractivity contribution is 7.07. The van der Waals surface area contributed by atoms with E-state index >= 15 is 0 Å². The number of amides is 1. The summed E-state index contributed by atoms with van der Waals surface area (Å²) in [6.45, 7) is 3.86. The number of thiazole rings is 1. The monoisotopic (exact) mass is 270 g/mol. The lowest BCUT2D eigenvalue weighted by molar-refractivity contribution is -0.142. The number of aromatic nitrogens is 1. The van der Waals surface area contributed by atoms with Gasteiger partial charge in [0, 0.05) is 11.8 Å². The van der Waals surface area contributed by atoms with Crippen molar-refractivity contribution in [1.29, 1.82) is 0 Å². The molecule has 1 aromatic rings. The van der Waals surface area contributed by atoms with Gasteiger partial charge < -0.3 is 10.4 Å². The zero-order chi connectivity index (χ0) is 13.5. The van der Waals surface area contributed by atoms with Crippen LogP contribution < -0.4 is 5.32 Å². The van der Waals surface area contributed by atoms with Crippen LogP contribution in [0.4, 0.5) is 0 Å². The highest BCUT2D eigenvalue weighted by Gasteiger charge is 2.20. The molecule has 0 aliphatic heterocycles. The Kier molecular flexibility index (Phi) is 5.77. The lowest BCUT2D eigenvalue weighted by atomic mass is 10.0. The first-order valence-corrected chi connectivity index (χ1v) is 6.82. The first kappa shape index (κ1) is 14.6. The lowest BCUT2D eigenvalue weighted by Crippen LogP contribution is -2.41. The highest BCUT2D eigenvalue weighted by atomic mass is 32.1. The molecule has 0 aliphatic rings. The fraction of sp³-hybridized carbons (Fsp3) is 0.583. The van der Waals surface area contributed by atoms with Crippen LogP contribution in [-0.2, 0) is 16.0 Å². The fourth-order valence-corrected chi connectivity index (χ4v) is 2.15. The molecule has 0 saturated heterocycles. The number of hydrogen-bond acceptors (Lipinski definition) is 4. The molecule has 0 aliphatic carbocycles. The predicted molar refractivity (Wildman–Crippen MR) is 69.5 cm³/mol. The van der Waals surface area contributed by atoms with Crippen molar-refractivity contribution < 1.29 is 14.7 Å². The molecule has 2 N–H and O–H groups in total. The second-order valence-corrected chi connectivity index (χ2v) is 5.29. The van der Waals surface area contributed by atoms with Crippen molar-refractivity contribution in [1.82, 2.24) is 10.3 Å². The van der Waals surface area contributed by atoms with Gasteiger partial charge in [0.1, 0.15) is 6.04 Å². The Labute approximate surface area is 110 Å². The van der Waals surface area contributed by atoms with Gasteiger partial charge in [-0.2, -0.15) is 0 Å². The molecule has 0 spiro atoms. The number of carbonyl (C=O) groups is 2. The van der Waals surface area contributed by atoms with Crippen LogP contribution >= 0.6 is 11.3 Å². The number of carbonyl (C=O) groups excluding carboxylic acids is 1. The molecule has 0 aromatic carbocycles. The molecule has 5 nitrogen and oxygen atoms in total. The molecule has 1 heterocycles. The molecule has 1 atom stereocenters. The van der Waals surface area contributed by atoms with Gasteiger partial charge in [-0.3, -0.25) is 4.79 Å². The minimum Gasteiger partial charge on any atom is -0.480 e. The molecule has 100 valence electrons. The zero-order valence-corrected chi connectivity index (χ0v) is 11.4. The number of aliphatic carboxylic acids is 1. The first-order chi connectivity index (χ1) is 8.49. The van der Waals surface area contributed by atoms with Crippen molar-refractivity contribution >= 4 is 23.2 Å². The van der Waals surface area contributed by atoms with E-state index in [1.54, 1.807) is 5.51 Å². The smallest absolute Gasteiger partial charge is 0.326 e. The topological polar surface area (TPSA) is 79.3 Å². The second-order valence-electron chi connectivity index (χ2n) is 4.57. The van der Waals surface area contributed by atoms with Crippen LogP contribution in [0.5, 0.6) is 0 Å². The molecule has 0 radical (unpaired) electrons. The Morgan fingerprint density at radius 2 is 2.22 bits per heavy atom. The number of carboxylic acids is 1. The molecule has 0 fully saturated rings. The number of nitrogens with zero attached hydrogens (tertiary/aromatic N) is 1. The molecule has 1 rings (SSSR count). The quantitative estimate of drug-likeness (QED) is 0.790. The first-order valence-electron chi connectivity index (χ1n) is 5.88. The van der Waals surface area contributed by atoms with E-state index in [1.165, 1.54) is 11.3 Å². The molecule has 0 saturated carbocycles. The Bertz CT molecular complexity index is 390. The number of rotatable bonds is 7. The van der Waals surface area contributed by atoms with Crippen LogP contribution in [0.1, 0.15) is 32.4 Å². The molecular formula is C12H18N2O3S. The summed E-state index contributed by atoms with van der Waals surface area (Å²) in [6, 6.07) is -0.798. The van der Waals surface area contributed by atoms with E-state index < -0.39 is 12.0 Å². The number of aryl methyl sites for hydroxylation is 1. The standard InChI is InChI=1S/C12H18N2O3S/c1-8(2)5-10(12(16)17)14-11(15)4-3-9-6-18-7-13-9/h6-8,10H,3-5H2,1-2H3,(H,14,15)(H,16,17)/t10-/m0/s1. The summed E-state index contributed by atoms with van der Waals surface area (Å²) in [4.78, 5) is 26.7. The Morgan fingerprint density at radius 3 is 2.72 bits per heavy atom. The minimum atomic E-state index is -0.981. The number of hydrogen-bond donors (Lipinski definition) is 2. The average Bonchev–Trinajstić information content (AvgIpc) is 2.77. The maximum absolute atomic E-state index is 11.6. The van der Waals surface area contributed by atoms with E-state index in [-0.39, 0.29) is 18.2 Å². The van der Waals surface area contributed by atoms with Crippen molar-refractivity contribution in [3.8, 4) is 0 Å². The SMILES string of the molecule is CC(C)C[C@H](NC(=O)CCc1cscn1)C(=O)O. The molecule has 0 unspecified atom stereocenters. The van der Waals surface area contributed by atoms with E-state index in [0.717, 1.165) is 5.69 Å². The minimum absolute atomic E-state index is 0.227. The summed E-state index contributed by atoms with van der Waals surface area (Å²) in [7, 11) is 0. The molecule has 1 aromatic heterocycles. The van der Waals surface area contributed by atoms with Gasteiger partial charge in [-0.25, -0.2) is 9.78 Å². The van der Waals surface area contributed by atoms with Crippen LogP contribution in [-0.4, -0.2) is 28.0 Å². The van der Waals surface area contributed by atoms with Crippen LogP contribution in [0.15, 0.2) is 10.9 Å². The zero-order valence-electron chi connectivity index (χ0n) is 10.5. The van der Waals surface area contributed by atoms with E-state index in [4.69, 9.17) is 5.11 Å². The molecule has 6 heteroatoms. The van der Waals surface area contributed by atoms with E-state index in [9.17, 15) is 9.59 Å². The van der Waals surface area contributed by atoms with Gasteiger partial charge >= 0.3 is 5.97 Å². The van der Waals surface area contributed by atoms with Gasteiger partial charge in [0.25, 0.3) is 0 Å². The second kappa shape index (κ2) is 7.10. The van der Waals surface area contributed by atoms with Crippen LogP contribution in [0.25, 0.3) is 0 Å². The largest absolute Gasteiger partial charge is 0.480 e. The Morgan fingerprint density at radius 1 is 1.50 bits per heavy atom. The van der Waals surface area contributed by atoms with Crippen molar-refractivity contribution in [2.24, 2.45) is 5.92 Å². The fourth-order valence-electron chi connectivity index (χ4n) is 1.56. The van der Waals surface area contributed by atoms with Crippen LogP contribution in [0, 0.1) is 5.92 Å². The summed E-state index contributed by atoms with van der Waals surface area (Å²) in [5.41, 5.74) is 2.58. The summed E-state index contributed by atoms with van der Waals surface area (Å²) in [6.07, 6.45) is 1.26. The van der Waals surface area contributed by atoms with Gasteiger partial charge in [-0.1, -0.05) is 13.8 Å². The average molecular weight is 270 g/mol. The highest BCUT2D eigenvalue weighted by Crippen LogP contribution is 2.07. The Hall–Kier alpha value is -1.43. The third-order valence-electron chi connectivity index (χ3n) is 2.43. The Balaban J connectivity index is 2.39. The lowest BCUT2D eigenvalue weighted by Gasteiger charge is -2.16. The number of carboxylic acid groups (broad SMARTS) is 1. The molecule has 1 amide bonds. The molecular weight excluding hydrogens is 252 g/mol. The van der Waals surface area contributed by atoms with Crippen LogP contribution in [0.2, 0.25) is 0 Å². The van der Waals surface area contributed by atoms with Crippen molar-refractivity contribution in [2.75, 3.05) is 0 Å². The van der Waals surface area contributed by atoms with Gasteiger partial charge in [-0.05, 0) is 18.8 Å². The molecule has 18 heavy (non-hydrogen) atoms. The van der Waals surface area contributed by atoms with E-state index in [2.05, 4.69) is 10.3 Å². The predicted octanol–water partition coefficient (Wildman–Crippen LogP) is 1.69. The van der Waals surface area contributed by atoms with Gasteiger partial charge in [-0.15, -0.1) is 11.3 Å². The van der Waals surface area contributed by atoms with E-state index in [0.29, 0.717) is 12.8 Å². The summed E-state index contributed by atoms with van der Waals surface area (Å²) < 4.78 is 0. The summed E-state index contributed by atoms with van der Waals surface area (Å²) in [5, 5.41) is 13.4. The number of nitrogens with one attached hydrogen (secondary N) is 1. The van der Waals surface area contributed by atoms with E-state index in [1.807, 2.05) is 19.2 Å². The van der Waals surface area contributed by atoms with Crippen molar-refractivity contribution in [3.63, 3.8) is 0 Å². The maximum atomic E-state index is 11.6.